The number of H-pyrrole nitrogens is 1. The molecule has 2 saturated heterocycles. The van der Waals surface area contributed by atoms with E-state index in [0.717, 1.165) is 81.2 Å². The lowest BCUT2D eigenvalue weighted by molar-refractivity contribution is -0.127. The molecule has 6 nitrogen and oxygen atoms in total. The van der Waals surface area contributed by atoms with Gasteiger partial charge >= 0.3 is 0 Å². The van der Waals surface area contributed by atoms with Crippen molar-refractivity contribution in [2.24, 2.45) is 5.92 Å². The van der Waals surface area contributed by atoms with Gasteiger partial charge < -0.3 is 15.2 Å². The van der Waals surface area contributed by atoms with Crippen molar-refractivity contribution in [2.75, 3.05) is 26.2 Å². The Hall–Kier alpha value is -2.34. The minimum atomic E-state index is 0.131. The zero-order valence-electron chi connectivity index (χ0n) is 16.9. The zero-order chi connectivity index (χ0) is 19.8. The number of fused-ring (bicyclic) bond motifs is 1. The smallest absolute Gasteiger partial charge is 0.253 e. The highest BCUT2D eigenvalue weighted by Gasteiger charge is 2.34. The largest absolute Gasteiger partial charge is 0.361 e. The third kappa shape index (κ3) is 4.04. The molecule has 1 aromatic carbocycles. The Morgan fingerprint density at radius 2 is 1.83 bits per heavy atom. The summed E-state index contributed by atoms with van der Waals surface area (Å²) >= 11 is 0. The van der Waals surface area contributed by atoms with Crippen LogP contribution in [0.25, 0.3) is 10.9 Å². The number of nitrogens with one attached hydrogen (secondary N) is 2. The number of carbonyl (C=O) groups is 2. The summed E-state index contributed by atoms with van der Waals surface area (Å²) in [6.45, 7) is 3.55. The van der Waals surface area contributed by atoms with Gasteiger partial charge in [-0.25, -0.2) is 0 Å². The first kappa shape index (κ1) is 18.7. The number of rotatable bonds is 4. The Labute approximate surface area is 171 Å². The van der Waals surface area contributed by atoms with Crippen molar-refractivity contribution in [3.05, 3.63) is 36.0 Å². The van der Waals surface area contributed by atoms with Crippen LogP contribution in [0.1, 0.15) is 48.9 Å². The van der Waals surface area contributed by atoms with Gasteiger partial charge in [0.2, 0.25) is 5.91 Å². The van der Waals surface area contributed by atoms with Crippen LogP contribution in [0, 0.1) is 5.92 Å². The summed E-state index contributed by atoms with van der Waals surface area (Å²) in [6.07, 6.45) is 8.29. The normalized spacial score (nSPS) is 24.0. The highest BCUT2D eigenvalue weighted by molar-refractivity contribution is 5.98. The minimum Gasteiger partial charge on any atom is -0.361 e. The molecule has 0 bridgehead atoms. The predicted molar refractivity (Wildman–Crippen MR) is 113 cm³/mol. The summed E-state index contributed by atoms with van der Waals surface area (Å²) in [5.41, 5.74) is 1.83. The molecule has 2 aromatic rings. The molecule has 2 aliphatic heterocycles. The second kappa shape index (κ2) is 7.82. The molecule has 5 rings (SSSR count). The molecule has 6 heteroatoms. The first-order chi connectivity index (χ1) is 14.2. The molecule has 0 spiro atoms. The summed E-state index contributed by atoms with van der Waals surface area (Å²) in [4.78, 5) is 33.1. The molecule has 3 aliphatic rings. The van der Waals surface area contributed by atoms with Gasteiger partial charge in [0.15, 0.2) is 0 Å². The van der Waals surface area contributed by atoms with Crippen LogP contribution in [-0.4, -0.2) is 64.9 Å². The van der Waals surface area contributed by atoms with Crippen molar-refractivity contribution >= 4 is 22.7 Å². The van der Waals surface area contributed by atoms with E-state index in [9.17, 15) is 9.59 Å². The molecule has 3 fully saturated rings. The number of hydrogen-bond acceptors (Lipinski definition) is 3. The van der Waals surface area contributed by atoms with E-state index < -0.39 is 0 Å². The lowest BCUT2D eigenvalue weighted by atomic mass is 9.93. The van der Waals surface area contributed by atoms with Crippen LogP contribution < -0.4 is 5.32 Å². The van der Waals surface area contributed by atoms with E-state index in [1.54, 1.807) is 0 Å². The molecule has 1 aliphatic carbocycles. The minimum absolute atomic E-state index is 0.131. The predicted octanol–water partition coefficient (Wildman–Crippen LogP) is 2.76. The average Bonchev–Trinajstić information content (AvgIpc) is 3.46. The van der Waals surface area contributed by atoms with Crippen molar-refractivity contribution in [1.29, 1.82) is 0 Å². The maximum absolute atomic E-state index is 12.9. The second-order valence-electron chi connectivity index (χ2n) is 8.92. The number of hydrogen-bond donors (Lipinski definition) is 2. The molecule has 0 unspecified atom stereocenters. The summed E-state index contributed by atoms with van der Waals surface area (Å²) in [5.74, 6) is 0.522. The summed E-state index contributed by atoms with van der Waals surface area (Å²) in [7, 11) is 0. The molecule has 1 atom stereocenters. The summed E-state index contributed by atoms with van der Waals surface area (Å²) in [6, 6.07) is 8.82. The van der Waals surface area contributed by atoms with Gasteiger partial charge in [0, 0.05) is 54.4 Å². The van der Waals surface area contributed by atoms with Gasteiger partial charge in [-0.05, 0) is 69.3 Å². The second-order valence-corrected chi connectivity index (χ2v) is 8.92. The topological polar surface area (TPSA) is 68.4 Å². The third-order valence-electron chi connectivity index (χ3n) is 6.82. The summed E-state index contributed by atoms with van der Waals surface area (Å²) in [5, 5.41) is 4.26. The van der Waals surface area contributed by atoms with Crippen LogP contribution in [0.2, 0.25) is 0 Å². The van der Waals surface area contributed by atoms with Crippen molar-refractivity contribution in [1.82, 2.24) is 20.1 Å². The molecule has 3 heterocycles. The molecule has 1 aromatic heterocycles. The first-order valence-electron chi connectivity index (χ1n) is 11.1. The summed E-state index contributed by atoms with van der Waals surface area (Å²) < 4.78 is 0. The monoisotopic (exact) mass is 394 g/mol. The van der Waals surface area contributed by atoms with Gasteiger partial charge in [-0.1, -0.05) is 0 Å². The Morgan fingerprint density at radius 3 is 2.62 bits per heavy atom. The Kier molecular flexibility index (Phi) is 5.04. The van der Waals surface area contributed by atoms with E-state index in [1.807, 2.05) is 35.4 Å². The SMILES string of the molecule is O=C(NC1CC1)[C@H]1CCCN(C2CCN(C(=O)c3ccc4[nH]ccc4c3)CC2)C1. The fourth-order valence-corrected chi connectivity index (χ4v) is 4.90. The van der Waals surface area contributed by atoms with Crippen LogP contribution in [0.4, 0.5) is 0 Å². The van der Waals surface area contributed by atoms with Gasteiger partial charge in [0.05, 0.1) is 5.92 Å². The van der Waals surface area contributed by atoms with Gasteiger partial charge in [0.25, 0.3) is 5.91 Å². The maximum atomic E-state index is 12.9. The Bertz CT molecular complexity index is 895. The number of likely N-dealkylation sites (tertiary alicyclic amines) is 2. The van der Waals surface area contributed by atoms with Gasteiger partial charge in [-0.15, -0.1) is 0 Å². The number of carbonyl (C=O) groups excluding carboxylic acids is 2. The molecule has 154 valence electrons. The number of benzene rings is 1. The van der Waals surface area contributed by atoms with E-state index in [-0.39, 0.29) is 17.7 Å². The maximum Gasteiger partial charge on any atom is 0.253 e. The van der Waals surface area contributed by atoms with Gasteiger partial charge in [-0.3, -0.25) is 14.5 Å². The highest BCUT2D eigenvalue weighted by atomic mass is 16.2. The molecule has 2 N–H and O–H groups in total. The van der Waals surface area contributed by atoms with E-state index in [2.05, 4.69) is 15.2 Å². The third-order valence-corrected chi connectivity index (χ3v) is 6.82. The van der Waals surface area contributed by atoms with Crippen LogP contribution in [-0.2, 0) is 4.79 Å². The van der Waals surface area contributed by atoms with E-state index in [0.29, 0.717) is 12.1 Å². The average molecular weight is 395 g/mol. The van der Waals surface area contributed by atoms with Crippen LogP contribution >= 0.6 is 0 Å². The van der Waals surface area contributed by atoms with Crippen molar-refractivity contribution in [2.45, 2.75) is 50.6 Å². The number of aromatic amines is 1. The van der Waals surface area contributed by atoms with Crippen LogP contribution in [0.5, 0.6) is 0 Å². The number of nitrogens with zero attached hydrogens (tertiary/aromatic N) is 2. The highest BCUT2D eigenvalue weighted by Crippen LogP contribution is 2.26. The molecule has 1 saturated carbocycles. The lowest BCUT2D eigenvalue weighted by Gasteiger charge is -2.42. The van der Waals surface area contributed by atoms with E-state index >= 15 is 0 Å². The van der Waals surface area contributed by atoms with Gasteiger partial charge in [-0.2, -0.15) is 0 Å². The van der Waals surface area contributed by atoms with Gasteiger partial charge in [0.1, 0.15) is 0 Å². The fourth-order valence-electron chi connectivity index (χ4n) is 4.90. The number of piperidine rings is 2. The first-order valence-corrected chi connectivity index (χ1v) is 11.1. The quantitative estimate of drug-likeness (QED) is 0.838. The van der Waals surface area contributed by atoms with E-state index in [1.165, 1.54) is 0 Å². The van der Waals surface area contributed by atoms with Crippen LogP contribution in [0.3, 0.4) is 0 Å². The molecule has 29 heavy (non-hydrogen) atoms. The lowest BCUT2D eigenvalue weighted by Crippen LogP contribution is -2.51. The number of amides is 2. The molecular weight excluding hydrogens is 364 g/mol. The van der Waals surface area contributed by atoms with E-state index in [4.69, 9.17) is 0 Å². The fraction of sp³-hybridized carbons (Fsp3) is 0.565. The molecular formula is C23H30N4O2. The van der Waals surface area contributed by atoms with Crippen molar-refractivity contribution in [3.63, 3.8) is 0 Å². The standard InChI is InChI=1S/C23H30N4O2/c28-22(25-19-4-5-19)18-2-1-11-27(15-18)20-8-12-26(13-9-20)23(29)17-3-6-21-16(14-17)7-10-24-21/h3,6-7,10,14,18-20,24H,1-2,4-5,8-9,11-13,15H2,(H,25,28)/t18-/m0/s1. The molecule has 0 radical (unpaired) electrons. The van der Waals surface area contributed by atoms with Crippen LogP contribution in [0.15, 0.2) is 30.5 Å². The van der Waals surface area contributed by atoms with Crippen molar-refractivity contribution < 1.29 is 9.59 Å². The Morgan fingerprint density at radius 1 is 1.00 bits per heavy atom. The zero-order valence-corrected chi connectivity index (χ0v) is 16.9. The van der Waals surface area contributed by atoms with Crippen molar-refractivity contribution in [3.8, 4) is 0 Å². The number of aromatic nitrogens is 1. The molecule has 2 amide bonds. The Balaban J connectivity index is 1.16.